The van der Waals surface area contributed by atoms with E-state index in [1.54, 1.807) is 47.0 Å². The van der Waals surface area contributed by atoms with Crippen molar-refractivity contribution in [3.8, 4) is 0 Å². The molecule has 0 saturated carbocycles. The van der Waals surface area contributed by atoms with Crippen LogP contribution in [0.4, 0.5) is 0 Å². The van der Waals surface area contributed by atoms with Crippen LogP contribution in [-0.2, 0) is 6.54 Å². The first kappa shape index (κ1) is 15.6. The summed E-state index contributed by atoms with van der Waals surface area (Å²) in [5, 5.41) is 10.1. The summed E-state index contributed by atoms with van der Waals surface area (Å²) in [4.78, 5) is 28.2. The fourth-order valence-corrected chi connectivity index (χ4v) is 3.22. The molecule has 2 aromatic carbocycles. The van der Waals surface area contributed by atoms with Crippen molar-refractivity contribution in [2.75, 3.05) is 0 Å². The van der Waals surface area contributed by atoms with E-state index in [2.05, 4.69) is 4.98 Å². The van der Waals surface area contributed by atoms with Crippen LogP contribution in [0.3, 0.4) is 0 Å². The van der Waals surface area contributed by atoms with Crippen LogP contribution in [0.5, 0.6) is 0 Å². The van der Waals surface area contributed by atoms with E-state index in [0.29, 0.717) is 34.7 Å². The van der Waals surface area contributed by atoms with Crippen LogP contribution < -0.4 is 5.56 Å². The number of benzene rings is 2. The predicted octanol–water partition coefficient (Wildman–Crippen LogP) is 3.69. The number of aromatic nitrogens is 2. The third kappa shape index (κ3) is 2.72. The first-order valence-corrected chi connectivity index (χ1v) is 8.15. The van der Waals surface area contributed by atoms with E-state index in [1.807, 2.05) is 6.08 Å². The van der Waals surface area contributed by atoms with Gasteiger partial charge in [-0.3, -0.25) is 9.36 Å². The van der Waals surface area contributed by atoms with E-state index in [0.717, 1.165) is 11.1 Å². The molecule has 124 valence electrons. The third-order valence-corrected chi connectivity index (χ3v) is 4.54. The Balaban J connectivity index is 1.82. The molecule has 1 N–H and O–H groups in total. The molecule has 1 aliphatic heterocycles. The van der Waals surface area contributed by atoms with Crippen LogP contribution in [-0.4, -0.2) is 20.6 Å². The zero-order valence-corrected chi connectivity index (χ0v) is 13.8. The van der Waals surface area contributed by atoms with Gasteiger partial charge in [0.25, 0.3) is 5.56 Å². The molecular formula is C19H13ClN2O3. The maximum absolute atomic E-state index is 12.6. The second-order valence-corrected chi connectivity index (χ2v) is 6.34. The number of nitrogens with zero attached hydrogens (tertiary/aromatic N) is 2. The van der Waals surface area contributed by atoms with E-state index in [9.17, 15) is 9.59 Å². The van der Waals surface area contributed by atoms with Gasteiger partial charge in [0.15, 0.2) is 0 Å². The second kappa shape index (κ2) is 5.86. The van der Waals surface area contributed by atoms with Crippen molar-refractivity contribution in [2.45, 2.75) is 13.0 Å². The zero-order valence-electron chi connectivity index (χ0n) is 13.1. The molecule has 0 unspecified atom stereocenters. The van der Waals surface area contributed by atoms with Gasteiger partial charge in [0.2, 0.25) is 0 Å². The normalized spacial score (nSPS) is 14.8. The van der Waals surface area contributed by atoms with E-state index < -0.39 is 5.97 Å². The molecule has 0 atom stereocenters. The zero-order chi connectivity index (χ0) is 17.6. The quantitative estimate of drug-likeness (QED) is 0.763. The SMILES string of the molecule is O=C(O)c1ccc(C=C2CCn3c2nc2cc(Cl)ccc2c3=O)cc1. The number of fused-ring (bicyclic) bond motifs is 2. The van der Waals surface area contributed by atoms with Crippen molar-refractivity contribution in [1.29, 1.82) is 0 Å². The molecule has 6 heteroatoms. The van der Waals surface area contributed by atoms with Crippen molar-refractivity contribution in [3.63, 3.8) is 0 Å². The second-order valence-electron chi connectivity index (χ2n) is 5.90. The number of halogens is 1. The van der Waals surface area contributed by atoms with Crippen LogP contribution in [0, 0.1) is 0 Å². The van der Waals surface area contributed by atoms with Gasteiger partial charge in [-0.05, 0) is 54.0 Å². The summed E-state index contributed by atoms with van der Waals surface area (Å²) in [6, 6.07) is 11.7. The van der Waals surface area contributed by atoms with Gasteiger partial charge in [-0.25, -0.2) is 9.78 Å². The predicted molar refractivity (Wildman–Crippen MR) is 96.9 cm³/mol. The van der Waals surface area contributed by atoms with Gasteiger partial charge in [-0.2, -0.15) is 0 Å². The van der Waals surface area contributed by atoms with Crippen LogP contribution >= 0.6 is 11.6 Å². The van der Waals surface area contributed by atoms with Crippen molar-refractivity contribution in [3.05, 3.63) is 74.8 Å². The highest BCUT2D eigenvalue weighted by Gasteiger charge is 2.20. The standard InChI is InChI=1S/C19H13ClN2O3/c20-14-5-6-15-16(10-14)21-17-13(7-8-22(17)18(15)23)9-11-1-3-12(4-2-11)19(24)25/h1-6,9-10H,7-8H2,(H,24,25). The third-order valence-electron chi connectivity index (χ3n) is 4.31. The first-order chi connectivity index (χ1) is 12.0. The fraction of sp³-hybridized carbons (Fsp3) is 0.105. The van der Waals surface area contributed by atoms with Gasteiger partial charge in [0, 0.05) is 11.6 Å². The van der Waals surface area contributed by atoms with Crippen LogP contribution in [0.15, 0.2) is 47.3 Å². The summed E-state index contributed by atoms with van der Waals surface area (Å²) in [6.07, 6.45) is 2.64. The number of hydrogen-bond acceptors (Lipinski definition) is 3. The molecule has 25 heavy (non-hydrogen) atoms. The largest absolute Gasteiger partial charge is 0.478 e. The van der Waals surface area contributed by atoms with Crippen molar-refractivity contribution >= 4 is 40.1 Å². The summed E-state index contributed by atoms with van der Waals surface area (Å²) < 4.78 is 1.67. The molecule has 4 rings (SSSR count). The lowest BCUT2D eigenvalue weighted by atomic mass is 10.1. The summed E-state index contributed by atoms with van der Waals surface area (Å²) >= 11 is 6.02. The lowest BCUT2D eigenvalue weighted by molar-refractivity contribution is 0.0697. The molecular weight excluding hydrogens is 340 g/mol. The van der Waals surface area contributed by atoms with Gasteiger partial charge in [0.1, 0.15) is 5.82 Å². The lowest BCUT2D eigenvalue weighted by Gasteiger charge is -2.06. The number of allylic oxidation sites excluding steroid dienone is 1. The van der Waals surface area contributed by atoms with Crippen molar-refractivity contribution in [1.82, 2.24) is 9.55 Å². The summed E-state index contributed by atoms with van der Waals surface area (Å²) in [5.41, 5.74) is 2.57. The van der Waals surface area contributed by atoms with Gasteiger partial charge in [-0.1, -0.05) is 23.7 Å². The van der Waals surface area contributed by atoms with Gasteiger partial charge < -0.3 is 5.11 Å². The summed E-state index contributed by atoms with van der Waals surface area (Å²) in [6.45, 7) is 0.582. The van der Waals surface area contributed by atoms with E-state index >= 15 is 0 Å². The number of rotatable bonds is 2. The minimum atomic E-state index is -0.956. The maximum atomic E-state index is 12.6. The highest BCUT2D eigenvalue weighted by molar-refractivity contribution is 6.31. The smallest absolute Gasteiger partial charge is 0.335 e. The number of aromatic carboxylic acids is 1. The molecule has 0 amide bonds. The molecule has 5 nitrogen and oxygen atoms in total. The molecule has 3 aromatic rings. The number of carboxylic acid groups (broad SMARTS) is 1. The topological polar surface area (TPSA) is 72.2 Å². The summed E-state index contributed by atoms with van der Waals surface area (Å²) in [5.74, 6) is -0.316. The number of hydrogen-bond donors (Lipinski definition) is 1. The monoisotopic (exact) mass is 352 g/mol. The average molecular weight is 353 g/mol. The minimum absolute atomic E-state index is 0.0682. The molecule has 2 heterocycles. The molecule has 1 aliphatic rings. The molecule has 1 aromatic heterocycles. The average Bonchev–Trinajstić information content (AvgIpc) is 2.98. The van der Waals surface area contributed by atoms with E-state index in [4.69, 9.17) is 16.7 Å². The Morgan fingerprint density at radius 2 is 1.96 bits per heavy atom. The van der Waals surface area contributed by atoms with E-state index in [-0.39, 0.29) is 11.1 Å². The highest BCUT2D eigenvalue weighted by atomic mass is 35.5. The maximum Gasteiger partial charge on any atom is 0.335 e. The Kier molecular flexibility index (Phi) is 3.66. The molecule has 0 saturated heterocycles. The molecule has 0 radical (unpaired) electrons. The van der Waals surface area contributed by atoms with Crippen molar-refractivity contribution < 1.29 is 9.90 Å². The van der Waals surface area contributed by atoms with Gasteiger partial charge >= 0.3 is 5.97 Å². The fourth-order valence-electron chi connectivity index (χ4n) is 3.05. The van der Waals surface area contributed by atoms with E-state index in [1.165, 1.54) is 0 Å². The lowest BCUT2D eigenvalue weighted by Crippen LogP contribution is -2.20. The van der Waals surface area contributed by atoms with Crippen LogP contribution in [0.1, 0.15) is 28.2 Å². The number of carboxylic acids is 1. The molecule has 0 spiro atoms. The van der Waals surface area contributed by atoms with Crippen LogP contribution in [0.25, 0.3) is 22.6 Å². The summed E-state index contributed by atoms with van der Waals surface area (Å²) in [7, 11) is 0. The van der Waals surface area contributed by atoms with Crippen molar-refractivity contribution in [2.24, 2.45) is 0 Å². The molecule has 0 fully saturated rings. The molecule has 0 aliphatic carbocycles. The van der Waals surface area contributed by atoms with Gasteiger partial charge in [-0.15, -0.1) is 0 Å². The first-order valence-electron chi connectivity index (χ1n) is 7.77. The Morgan fingerprint density at radius 1 is 1.20 bits per heavy atom. The Hall–Kier alpha value is -2.92. The number of carbonyl (C=O) groups is 1. The molecule has 0 bridgehead atoms. The van der Waals surface area contributed by atoms with Gasteiger partial charge in [0.05, 0.1) is 16.5 Å². The Labute approximate surface area is 147 Å². The Morgan fingerprint density at radius 3 is 2.68 bits per heavy atom. The highest BCUT2D eigenvalue weighted by Crippen LogP contribution is 2.28. The minimum Gasteiger partial charge on any atom is -0.478 e. The Bertz CT molecular complexity index is 1100. The van der Waals surface area contributed by atoms with Crippen LogP contribution in [0.2, 0.25) is 5.02 Å².